The van der Waals surface area contributed by atoms with Crippen LogP contribution in [0.4, 0.5) is 4.39 Å². The van der Waals surface area contributed by atoms with Crippen LogP contribution >= 0.6 is 15.9 Å². The van der Waals surface area contributed by atoms with E-state index in [1.54, 1.807) is 6.07 Å². The van der Waals surface area contributed by atoms with Crippen LogP contribution in [0.15, 0.2) is 22.7 Å². The molecule has 1 rings (SSSR count). The van der Waals surface area contributed by atoms with Crippen molar-refractivity contribution in [3.05, 3.63) is 34.1 Å². The maximum Gasteiger partial charge on any atom is 0.219 e. The van der Waals surface area contributed by atoms with Crippen molar-refractivity contribution in [3.63, 3.8) is 0 Å². The molecule has 14 heavy (non-hydrogen) atoms. The van der Waals surface area contributed by atoms with Crippen LogP contribution in [0.5, 0.6) is 0 Å². The zero-order valence-electron chi connectivity index (χ0n) is 7.34. The fourth-order valence-corrected chi connectivity index (χ4v) is 1.67. The van der Waals surface area contributed by atoms with E-state index in [4.69, 9.17) is 11.5 Å². The third-order valence-electron chi connectivity index (χ3n) is 1.78. The normalized spacial score (nSPS) is 12.5. The Kier molecular flexibility index (Phi) is 3.60. The lowest BCUT2D eigenvalue weighted by Gasteiger charge is -2.11. The largest absolute Gasteiger partial charge is 0.370 e. The molecule has 0 radical (unpaired) electrons. The molecular weight excluding hydrogens is 251 g/mol. The Morgan fingerprint density at radius 2 is 2.21 bits per heavy atom. The van der Waals surface area contributed by atoms with Crippen LogP contribution in [0.25, 0.3) is 0 Å². The van der Waals surface area contributed by atoms with Crippen LogP contribution in [-0.4, -0.2) is 5.91 Å². The summed E-state index contributed by atoms with van der Waals surface area (Å²) in [6.45, 7) is 0. The average molecular weight is 261 g/mol. The monoisotopic (exact) mass is 260 g/mol. The third kappa shape index (κ3) is 2.78. The minimum Gasteiger partial charge on any atom is -0.370 e. The molecule has 0 aliphatic carbocycles. The maximum atomic E-state index is 12.9. The van der Waals surface area contributed by atoms with E-state index >= 15 is 0 Å². The van der Waals surface area contributed by atoms with Gasteiger partial charge in [-0.15, -0.1) is 0 Å². The lowest BCUT2D eigenvalue weighted by atomic mass is 10.0. The van der Waals surface area contributed by atoms with E-state index in [9.17, 15) is 9.18 Å². The van der Waals surface area contributed by atoms with Gasteiger partial charge in [-0.3, -0.25) is 4.79 Å². The highest BCUT2D eigenvalue weighted by molar-refractivity contribution is 9.10. The molecule has 0 saturated carbocycles. The molecule has 76 valence electrons. The highest BCUT2D eigenvalue weighted by atomic mass is 79.9. The first-order valence-electron chi connectivity index (χ1n) is 3.99. The van der Waals surface area contributed by atoms with Gasteiger partial charge >= 0.3 is 0 Å². The van der Waals surface area contributed by atoms with E-state index in [-0.39, 0.29) is 12.2 Å². The SMILES string of the molecule is NC(=O)C[C@H](N)c1cc(F)ccc1Br. The van der Waals surface area contributed by atoms with Crippen molar-refractivity contribution in [1.82, 2.24) is 0 Å². The number of hydrogen-bond acceptors (Lipinski definition) is 2. The van der Waals surface area contributed by atoms with E-state index in [2.05, 4.69) is 15.9 Å². The number of carbonyl (C=O) groups excluding carboxylic acids is 1. The van der Waals surface area contributed by atoms with Crippen molar-refractivity contribution in [2.24, 2.45) is 11.5 Å². The van der Waals surface area contributed by atoms with Gasteiger partial charge in [0.05, 0.1) is 0 Å². The maximum absolute atomic E-state index is 12.9. The summed E-state index contributed by atoms with van der Waals surface area (Å²) in [5.41, 5.74) is 11.2. The molecule has 0 aromatic heterocycles. The summed E-state index contributed by atoms with van der Waals surface area (Å²) in [6.07, 6.45) is 0.00204. The van der Waals surface area contributed by atoms with E-state index in [1.165, 1.54) is 12.1 Å². The first-order chi connectivity index (χ1) is 6.50. The molecule has 0 aliphatic heterocycles. The van der Waals surface area contributed by atoms with Crippen LogP contribution in [0.1, 0.15) is 18.0 Å². The summed E-state index contributed by atoms with van der Waals surface area (Å²) >= 11 is 3.22. The summed E-state index contributed by atoms with van der Waals surface area (Å²) in [5.74, 6) is -0.892. The highest BCUT2D eigenvalue weighted by Gasteiger charge is 2.13. The molecule has 1 aromatic carbocycles. The Bertz CT molecular complexity index is 357. The second-order valence-electron chi connectivity index (χ2n) is 2.94. The predicted octanol–water partition coefficient (Wildman–Crippen LogP) is 1.46. The Morgan fingerprint density at radius 1 is 1.57 bits per heavy atom. The molecule has 4 N–H and O–H groups in total. The van der Waals surface area contributed by atoms with E-state index in [0.29, 0.717) is 10.0 Å². The number of nitrogens with two attached hydrogens (primary N) is 2. The van der Waals surface area contributed by atoms with Crippen molar-refractivity contribution in [2.75, 3.05) is 0 Å². The predicted molar refractivity (Wildman–Crippen MR) is 54.8 cm³/mol. The molecule has 0 unspecified atom stereocenters. The Hall–Kier alpha value is -0.940. The van der Waals surface area contributed by atoms with Gasteiger partial charge in [-0.1, -0.05) is 15.9 Å². The van der Waals surface area contributed by atoms with E-state index < -0.39 is 11.9 Å². The van der Waals surface area contributed by atoms with Crippen LogP contribution in [0.2, 0.25) is 0 Å². The number of primary amides is 1. The number of carbonyl (C=O) groups is 1. The molecule has 5 heteroatoms. The molecule has 0 heterocycles. The lowest BCUT2D eigenvalue weighted by molar-refractivity contribution is -0.118. The first-order valence-corrected chi connectivity index (χ1v) is 4.79. The zero-order chi connectivity index (χ0) is 10.7. The van der Waals surface area contributed by atoms with Gasteiger partial charge in [0.2, 0.25) is 5.91 Å². The second kappa shape index (κ2) is 4.52. The van der Waals surface area contributed by atoms with Gasteiger partial charge in [0.15, 0.2) is 0 Å². The highest BCUT2D eigenvalue weighted by Crippen LogP contribution is 2.24. The Balaban J connectivity index is 2.93. The van der Waals surface area contributed by atoms with Gasteiger partial charge < -0.3 is 11.5 Å². The molecule has 3 nitrogen and oxygen atoms in total. The summed E-state index contributed by atoms with van der Waals surface area (Å²) in [5, 5.41) is 0. The molecule has 0 saturated heterocycles. The van der Waals surface area contributed by atoms with Crippen LogP contribution < -0.4 is 11.5 Å². The van der Waals surface area contributed by atoms with Gasteiger partial charge in [-0.05, 0) is 23.8 Å². The third-order valence-corrected chi connectivity index (χ3v) is 2.50. The van der Waals surface area contributed by atoms with Gasteiger partial charge in [-0.25, -0.2) is 4.39 Å². The molecule has 0 fully saturated rings. The Labute approximate surface area is 89.4 Å². The van der Waals surface area contributed by atoms with Crippen LogP contribution in [0.3, 0.4) is 0 Å². The quantitative estimate of drug-likeness (QED) is 0.864. The standard InChI is InChI=1S/C9H10BrFN2O/c10-7-2-1-5(11)3-6(7)8(12)4-9(13)14/h1-3,8H,4,12H2,(H2,13,14)/t8-/m0/s1. The summed E-state index contributed by atoms with van der Waals surface area (Å²) < 4.78 is 13.5. The average Bonchev–Trinajstić information content (AvgIpc) is 2.08. The van der Waals surface area contributed by atoms with Gasteiger partial charge in [0, 0.05) is 16.9 Å². The molecular formula is C9H10BrFN2O. The van der Waals surface area contributed by atoms with Crippen LogP contribution in [0, 0.1) is 5.82 Å². The number of halogens is 2. The molecule has 0 spiro atoms. The van der Waals surface area contributed by atoms with Crippen molar-refractivity contribution < 1.29 is 9.18 Å². The van der Waals surface area contributed by atoms with E-state index in [0.717, 1.165) is 0 Å². The molecule has 1 aromatic rings. The number of hydrogen-bond donors (Lipinski definition) is 2. The smallest absolute Gasteiger partial charge is 0.219 e. The molecule has 0 aliphatic rings. The van der Waals surface area contributed by atoms with Crippen molar-refractivity contribution >= 4 is 21.8 Å². The summed E-state index contributed by atoms with van der Waals surface area (Å²) in [4.78, 5) is 10.6. The van der Waals surface area contributed by atoms with Gasteiger partial charge in [-0.2, -0.15) is 0 Å². The number of rotatable bonds is 3. The fourth-order valence-electron chi connectivity index (χ4n) is 1.13. The van der Waals surface area contributed by atoms with Crippen LogP contribution in [-0.2, 0) is 4.79 Å². The topological polar surface area (TPSA) is 69.1 Å². The Morgan fingerprint density at radius 3 is 2.79 bits per heavy atom. The zero-order valence-corrected chi connectivity index (χ0v) is 8.92. The summed E-state index contributed by atoms with van der Waals surface area (Å²) in [6, 6.07) is 3.57. The van der Waals surface area contributed by atoms with Crippen molar-refractivity contribution in [3.8, 4) is 0 Å². The molecule has 1 amide bonds. The second-order valence-corrected chi connectivity index (χ2v) is 3.80. The molecule has 0 bridgehead atoms. The lowest BCUT2D eigenvalue weighted by Crippen LogP contribution is -2.21. The van der Waals surface area contributed by atoms with Crippen molar-refractivity contribution in [2.45, 2.75) is 12.5 Å². The van der Waals surface area contributed by atoms with Gasteiger partial charge in [0.25, 0.3) is 0 Å². The minimum atomic E-state index is -0.572. The fraction of sp³-hybridized carbons (Fsp3) is 0.222. The number of benzene rings is 1. The number of amides is 1. The van der Waals surface area contributed by atoms with E-state index in [1.807, 2.05) is 0 Å². The van der Waals surface area contributed by atoms with Gasteiger partial charge in [0.1, 0.15) is 5.82 Å². The minimum absolute atomic E-state index is 0.00204. The summed E-state index contributed by atoms with van der Waals surface area (Å²) in [7, 11) is 0. The molecule has 1 atom stereocenters. The van der Waals surface area contributed by atoms with Crippen molar-refractivity contribution in [1.29, 1.82) is 0 Å². The first kappa shape index (κ1) is 11.1.